The van der Waals surface area contributed by atoms with Crippen LogP contribution in [0.4, 0.5) is 4.39 Å². The van der Waals surface area contributed by atoms with E-state index in [-0.39, 0.29) is 11.6 Å². The van der Waals surface area contributed by atoms with E-state index in [0.29, 0.717) is 6.73 Å². The van der Waals surface area contributed by atoms with Gasteiger partial charge in [0.15, 0.2) is 11.6 Å². The monoisotopic (exact) mass is 213 g/mol. The van der Waals surface area contributed by atoms with E-state index in [1.54, 1.807) is 13.2 Å². The van der Waals surface area contributed by atoms with Crippen molar-refractivity contribution in [1.29, 1.82) is 0 Å². The summed E-state index contributed by atoms with van der Waals surface area (Å²) in [6, 6.07) is 4.99. The summed E-state index contributed by atoms with van der Waals surface area (Å²) in [5.41, 5.74) is 0.942. The molecule has 0 saturated carbocycles. The van der Waals surface area contributed by atoms with E-state index in [0.717, 1.165) is 18.5 Å². The molecular formula is C11H16FNO2. The first-order chi connectivity index (χ1) is 7.27. The summed E-state index contributed by atoms with van der Waals surface area (Å²) < 4.78 is 22.9. The van der Waals surface area contributed by atoms with E-state index in [9.17, 15) is 4.39 Å². The molecule has 15 heavy (non-hydrogen) atoms. The summed E-state index contributed by atoms with van der Waals surface area (Å²) in [6.45, 7) is 1.28. The van der Waals surface area contributed by atoms with Gasteiger partial charge in [-0.1, -0.05) is 6.07 Å². The molecule has 0 atom stereocenters. The van der Waals surface area contributed by atoms with Crippen molar-refractivity contribution in [2.45, 2.75) is 6.42 Å². The number of rotatable bonds is 6. The highest BCUT2D eigenvalue weighted by Gasteiger charge is 2.02. The average molecular weight is 213 g/mol. The molecule has 0 aromatic heterocycles. The second-order valence-electron chi connectivity index (χ2n) is 3.15. The maximum absolute atomic E-state index is 13.3. The summed E-state index contributed by atoms with van der Waals surface area (Å²) >= 11 is 0. The molecule has 0 fully saturated rings. The van der Waals surface area contributed by atoms with E-state index in [4.69, 9.17) is 9.47 Å². The number of benzene rings is 1. The van der Waals surface area contributed by atoms with E-state index in [1.807, 2.05) is 6.07 Å². The molecule has 1 N–H and O–H groups in total. The molecule has 1 aromatic rings. The molecule has 0 amide bonds. The number of hydrogen-bond donors (Lipinski definition) is 1. The lowest BCUT2D eigenvalue weighted by Gasteiger charge is -2.06. The van der Waals surface area contributed by atoms with E-state index in [2.05, 4.69) is 5.32 Å². The van der Waals surface area contributed by atoms with Gasteiger partial charge in [-0.15, -0.1) is 0 Å². The van der Waals surface area contributed by atoms with Gasteiger partial charge in [0, 0.05) is 13.7 Å². The van der Waals surface area contributed by atoms with Gasteiger partial charge >= 0.3 is 0 Å². The topological polar surface area (TPSA) is 30.5 Å². The van der Waals surface area contributed by atoms with E-state index >= 15 is 0 Å². The predicted octanol–water partition coefficient (Wildman–Crippen LogP) is 1.57. The Bertz CT molecular complexity index is 305. The highest BCUT2D eigenvalue weighted by molar-refractivity contribution is 5.29. The third kappa shape index (κ3) is 3.85. The molecule has 0 heterocycles. The minimum atomic E-state index is -0.318. The first-order valence-corrected chi connectivity index (χ1v) is 4.80. The third-order valence-corrected chi connectivity index (χ3v) is 2.05. The second-order valence-corrected chi connectivity index (χ2v) is 3.15. The van der Waals surface area contributed by atoms with Crippen molar-refractivity contribution < 1.29 is 13.9 Å². The van der Waals surface area contributed by atoms with Crippen LogP contribution in [0.5, 0.6) is 5.75 Å². The number of ether oxygens (including phenoxy) is 2. The summed E-state index contributed by atoms with van der Waals surface area (Å²) in [6.07, 6.45) is 0.768. The maximum atomic E-state index is 13.3. The standard InChI is InChI=1S/C11H16FNO2/c1-14-8-13-6-5-9-3-4-11(15-2)10(12)7-9/h3-4,7,13H,5-6,8H2,1-2H3. The molecule has 0 aliphatic carbocycles. The highest BCUT2D eigenvalue weighted by atomic mass is 19.1. The number of halogens is 1. The third-order valence-electron chi connectivity index (χ3n) is 2.05. The van der Waals surface area contributed by atoms with Crippen molar-refractivity contribution in [3.05, 3.63) is 29.6 Å². The highest BCUT2D eigenvalue weighted by Crippen LogP contribution is 2.17. The molecule has 1 rings (SSSR count). The Morgan fingerprint density at radius 3 is 2.73 bits per heavy atom. The van der Waals surface area contributed by atoms with Gasteiger partial charge in [0.1, 0.15) is 0 Å². The largest absolute Gasteiger partial charge is 0.494 e. The Morgan fingerprint density at radius 2 is 2.13 bits per heavy atom. The molecule has 0 aliphatic heterocycles. The summed E-state index contributed by atoms with van der Waals surface area (Å²) in [5.74, 6) is -0.0367. The lowest BCUT2D eigenvalue weighted by atomic mass is 10.1. The van der Waals surface area contributed by atoms with Crippen LogP contribution in [0.25, 0.3) is 0 Å². The van der Waals surface area contributed by atoms with Gasteiger partial charge in [0.2, 0.25) is 0 Å². The minimum absolute atomic E-state index is 0.281. The van der Waals surface area contributed by atoms with Crippen LogP contribution in [0.15, 0.2) is 18.2 Å². The zero-order valence-electron chi connectivity index (χ0n) is 9.05. The normalized spacial score (nSPS) is 10.3. The van der Waals surface area contributed by atoms with Crippen LogP contribution in [-0.4, -0.2) is 27.5 Å². The summed E-state index contributed by atoms with van der Waals surface area (Å²) in [4.78, 5) is 0. The second kappa shape index (κ2) is 6.37. The van der Waals surface area contributed by atoms with Crippen LogP contribution in [0.2, 0.25) is 0 Å². The predicted molar refractivity (Wildman–Crippen MR) is 56.5 cm³/mol. The van der Waals surface area contributed by atoms with Crippen molar-refractivity contribution in [2.75, 3.05) is 27.5 Å². The number of nitrogens with one attached hydrogen (secondary N) is 1. The SMILES string of the molecule is COCNCCc1ccc(OC)c(F)c1. The maximum Gasteiger partial charge on any atom is 0.165 e. The van der Waals surface area contributed by atoms with Crippen LogP contribution < -0.4 is 10.1 Å². The first-order valence-electron chi connectivity index (χ1n) is 4.80. The van der Waals surface area contributed by atoms with Crippen molar-refractivity contribution >= 4 is 0 Å². The van der Waals surface area contributed by atoms with Gasteiger partial charge < -0.3 is 9.47 Å². The van der Waals surface area contributed by atoms with Crippen LogP contribution in [0.1, 0.15) is 5.56 Å². The molecule has 84 valence electrons. The van der Waals surface area contributed by atoms with Crippen LogP contribution >= 0.6 is 0 Å². The Morgan fingerprint density at radius 1 is 1.33 bits per heavy atom. The number of methoxy groups -OCH3 is 2. The first kappa shape index (κ1) is 11.9. The Labute approximate surface area is 89.2 Å². The fraction of sp³-hybridized carbons (Fsp3) is 0.455. The van der Waals surface area contributed by atoms with Crippen LogP contribution in [-0.2, 0) is 11.2 Å². The zero-order chi connectivity index (χ0) is 11.1. The molecule has 3 nitrogen and oxygen atoms in total. The molecule has 4 heteroatoms. The van der Waals surface area contributed by atoms with Crippen molar-refractivity contribution in [3.8, 4) is 5.75 Å². The minimum Gasteiger partial charge on any atom is -0.494 e. The van der Waals surface area contributed by atoms with Crippen molar-refractivity contribution in [3.63, 3.8) is 0 Å². The van der Waals surface area contributed by atoms with E-state index in [1.165, 1.54) is 13.2 Å². The van der Waals surface area contributed by atoms with Crippen LogP contribution in [0, 0.1) is 5.82 Å². The molecular weight excluding hydrogens is 197 g/mol. The summed E-state index contributed by atoms with van der Waals surface area (Å²) in [7, 11) is 3.08. The van der Waals surface area contributed by atoms with Crippen molar-refractivity contribution in [2.24, 2.45) is 0 Å². The van der Waals surface area contributed by atoms with Crippen LogP contribution in [0.3, 0.4) is 0 Å². The molecule has 0 aliphatic rings. The molecule has 0 saturated heterocycles. The average Bonchev–Trinajstić information content (AvgIpc) is 2.25. The van der Waals surface area contributed by atoms with Gasteiger partial charge in [0.25, 0.3) is 0 Å². The van der Waals surface area contributed by atoms with Gasteiger partial charge in [-0.25, -0.2) is 4.39 Å². The molecule has 1 aromatic carbocycles. The van der Waals surface area contributed by atoms with Gasteiger partial charge in [-0.2, -0.15) is 0 Å². The molecule has 0 spiro atoms. The Kier molecular flexibility index (Phi) is 5.07. The smallest absolute Gasteiger partial charge is 0.165 e. The molecule has 0 unspecified atom stereocenters. The fourth-order valence-electron chi connectivity index (χ4n) is 1.27. The van der Waals surface area contributed by atoms with E-state index < -0.39 is 0 Å². The lowest BCUT2D eigenvalue weighted by molar-refractivity contribution is 0.176. The zero-order valence-corrected chi connectivity index (χ0v) is 9.05. The molecule has 0 bridgehead atoms. The van der Waals surface area contributed by atoms with Gasteiger partial charge in [-0.3, -0.25) is 5.32 Å². The Balaban J connectivity index is 2.45. The fourth-order valence-corrected chi connectivity index (χ4v) is 1.27. The van der Waals surface area contributed by atoms with Crippen molar-refractivity contribution in [1.82, 2.24) is 5.32 Å². The number of hydrogen-bond acceptors (Lipinski definition) is 3. The summed E-state index contributed by atoms with van der Waals surface area (Å²) in [5, 5.41) is 3.06. The van der Waals surface area contributed by atoms with Gasteiger partial charge in [-0.05, 0) is 24.1 Å². The Hall–Kier alpha value is -1.13. The quantitative estimate of drug-likeness (QED) is 0.574. The van der Waals surface area contributed by atoms with Gasteiger partial charge in [0.05, 0.1) is 13.8 Å². The molecule has 0 radical (unpaired) electrons. The lowest BCUT2D eigenvalue weighted by Crippen LogP contribution is -2.19.